The number of hydrogen-bond acceptors (Lipinski definition) is 5. The Hall–Kier alpha value is -2.57. The van der Waals surface area contributed by atoms with Crippen molar-refractivity contribution in [1.29, 1.82) is 0 Å². The summed E-state index contributed by atoms with van der Waals surface area (Å²) in [5, 5.41) is 2.83. The van der Waals surface area contributed by atoms with Gasteiger partial charge >= 0.3 is 0 Å². The zero-order valence-electron chi connectivity index (χ0n) is 15.3. The van der Waals surface area contributed by atoms with E-state index < -0.39 is 0 Å². The fourth-order valence-electron chi connectivity index (χ4n) is 2.24. The molecule has 0 aliphatic heterocycles. The van der Waals surface area contributed by atoms with Crippen LogP contribution in [-0.4, -0.2) is 31.4 Å². The van der Waals surface area contributed by atoms with Gasteiger partial charge in [0.05, 0.1) is 6.61 Å². The third-order valence-electron chi connectivity index (χ3n) is 3.60. The summed E-state index contributed by atoms with van der Waals surface area (Å²) in [6.45, 7) is 2.87. The molecule has 6 nitrogen and oxygen atoms in total. The summed E-state index contributed by atoms with van der Waals surface area (Å²) in [6.07, 6.45) is 0.953. The predicted molar refractivity (Wildman–Crippen MR) is 108 cm³/mol. The highest BCUT2D eigenvalue weighted by Gasteiger charge is 2.04. The van der Waals surface area contributed by atoms with E-state index in [-0.39, 0.29) is 24.1 Å². The number of hydrogen-bond donors (Lipinski definition) is 2. The lowest BCUT2D eigenvalue weighted by molar-refractivity contribution is -0.116. The molecule has 0 aliphatic rings. The highest BCUT2D eigenvalue weighted by Crippen LogP contribution is 2.16. The first-order chi connectivity index (χ1) is 12.6. The molecule has 0 aliphatic carbocycles. The van der Waals surface area contributed by atoms with E-state index in [4.69, 9.17) is 15.2 Å². The minimum Gasteiger partial charge on any atom is -0.494 e. The molecule has 0 heterocycles. The van der Waals surface area contributed by atoms with Crippen LogP contribution in [0.4, 0.5) is 5.69 Å². The van der Waals surface area contributed by atoms with Gasteiger partial charge in [0.1, 0.15) is 18.1 Å². The maximum Gasteiger partial charge on any atom is 0.224 e. The van der Waals surface area contributed by atoms with Crippen molar-refractivity contribution in [2.75, 3.05) is 25.1 Å². The molecule has 0 bridgehead atoms. The molecule has 0 saturated carbocycles. The van der Waals surface area contributed by atoms with Gasteiger partial charge in [-0.05, 0) is 61.9 Å². The summed E-state index contributed by atoms with van der Waals surface area (Å²) >= 11 is 0. The van der Waals surface area contributed by atoms with Gasteiger partial charge in [0.15, 0.2) is 5.78 Å². The Labute approximate surface area is 165 Å². The molecule has 0 atom stereocenters. The molecule has 2 aromatic rings. The normalized spacial score (nSPS) is 9.85. The van der Waals surface area contributed by atoms with Gasteiger partial charge < -0.3 is 20.5 Å². The largest absolute Gasteiger partial charge is 0.494 e. The van der Waals surface area contributed by atoms with Crippen molar-refractivity contribution in [3.05, 3.63) is 54.1 Å². The molecule has 1 amide bonds. The topological polar surface area (TPSA) is 90.7 Å². The molecule has 2 aromatic carbocycles. The Morgan fingerprint density at radius 1 is 0.926 bits per heavy atom. The molecular weight excluding hydrogens is 368 g/mol. The van der Waals surface area contributed by atoms with Gasteiger partial charge in [-0.1, -0.05) is 0 Å². The SMILES string of the molecule is CC(=O)c1ccc(OCCCC(=O)Nc2ccc(OCCN)cc2)cc1.Cl. The monoisotopic (exact) mass is 392 g/mol. The molecule has 2 rings (SSSR count). The molecule has 0 unspecified atom stereocenters. The van der Waals surface area contributed by atoms with E-state index in [1.54, 1.807) is 48.5 Å². The number of carbonyl (C=O) groups excluding carboxylic acids is 2. The fourth-order valence-corrected chi connectivity index (χ4v) is 2.24. The van der Waals surface area contributed by atoms with Gasteiger partial charge in [0.2, 0.25) is 5.91 Å². The van der Waals surface area contributed by atoms with Crippen LogP contribution in [0.15, 0.2) is 48.5 Å². The Balaban J connectivity index is 0.00000364. The lowest BCUT2D eigenvalue weighted by Gasteiger charge is -2.09. The van der Waals surface area contributed by atoms with Crippen molar-refractivity contribution in [1.82, 2.24) is 0 Å². The first kappa shape index (κ1) is 22.5. The summed E-state index contributed by atoms with van der Waals surface area (Å²) in [5.74, 6) is 1.35. The van der Waals surface area contributed by atoms with Crippen LogP contribution in [0, 0.1) is 0 Å². The number of amides is 1. The zero-order chi connectivity index (χ0) is 18.8. The molecule has 0 saturated heterocycles. The van der Waals surface area contributed by atoms with Crippen molar-refractivity contribution in [2.45, 2.75) is 19.8 Å². The first-order valence-corrected chi connectivity index (χ1v) is 8.55. The van der Waals surface area contributed by atoms with Gasteiger partial charge in [0, 0.05) is 24.2 Å². The smallest absolute Gasteiger partial charge is 0.224 e. The number of ether oxygens (including phenoxy) is 2. The van der Waals surface area contributed by atoms with Crippen molar-refractivity contribution < 1.29 is 19.1 Å². The molecule has 3 N–H and O–H groups in total. The maximum absolute atomic E-state index is 11.9. The first-order valence-electron chi connectivity index (χ1n) is 8.55. The second kappa shape index (κ2) is 11.9. The van der Waals surface area contributed by atoms with Gasteiger partial charge in [-0.15, -0.1) is 12.4 Å². The van der Waals surface area contributed by atoms with Crippen LogP contribution in [-0.2, 0) is 4.79 Å². The Morgan fingerprint density at radius 2 is 1.48 bits per heavy atom. The van der Waals surface area contributed by atoms with E-state index in [0.29, 0.717) is 43.9 Å². The van der Waals surface area contributed by atoms with E-state index in [1.807, 2.05) is 0 Å². The minimum absolute atomic E-state index is 0. The van der Waals surface area contributed by atoms with Crippen LogP contribution in [0.25, 0.3) is 0 Å². The number of halogens is 1. The van der Waals surface area contributed by atoms with Crippen LogP contribution in [0.1, 0.15) is 30.1 Å². The number of carbonyl (C=O) groups is 2. The number of nitrogens with one attached hydrogen (secondary N) is 1. The lowest BCUT2D eigenvalue weighted by Crippen LogP contribution is -2.13. The Kier molecular flexibility index (Phi) is 9.93. The number of benzene rings is 2. The fraction of sp³-hybridized carbons (Fsp3) is 0.300. The Bertz CT molecular complexity index is 718. The van der Waals surface area contributed by atoms with Crippen LogP contribution in [0.2, 0.25) is 0 Å². The second-order valence-electron chi connectivity index (χ2n) is 5.74. The molecule has 0 fully saturated rings. The second-order valence-corrected chi connectivity index (χ2v) is 5.74. The van der Waals surface area contributed by atoms with E-state index in [0.717, 1.165) is 11.4 Å². The number of Topliss-reactive ketones (excluding diaryl/α,β-unsaturated/α-hetero) is 1. The molecule has 146 valence electrons. The van der Waals surface area contributed by atoms with E-state index in [1.165, 1.54) is 6.92 Å². The average Bonchev–Trinajstić information content (AvgIpc) is 2.65. The summed E-state index contributed by atoms with van der Waals surface area (Å²) in [6, 6.07) is 14.1. The van der Waals surface area contributed by atoms with Gasteiger partial charge in [-0.3, -0.25) is 9.59 Å². The van der Waals surface area contributed by atoms with E-state index in [2.05, 4.69) is 5.32 Å². The standard InChI is InChI=1S/C20H24N2O4.ClH/c1-15(23)16-4-8-18(9-5-16)25-13-2-3-20(24)22-17-6-10-19(11-7-17)26-14-12-21;/h4-11H,2-3,12-14,21H2,1H3,(H,22,24);1H. The van der Waals surface area contributed by atoms with Crippen LogP contribution in [0.5, 0.6) is 11.5 Å². The Morgan fingerprint density at radius 3 is 2.04 bits per heavy atom. The van der Waals surface area contributed by atoms with Crippen molar-refractivity contribution in [3.8, 4) is 11.5 Å². The van der Waals surface area contributed by atoms with Crippen molar-refractivity contribution >= 4 is 29.8 Å². The van der Waals surface area contributed by atoms with Gasteiger partial charge in [-0.2, -0.15) is 0 Å². The summed E-state index contributed by atoms with van der Waals surface area (Å²) < 4.78 is 11.0. The minimum atomic E-state index is -0.0730. The number of nitrogens with two attached hydrogens (primary N) is 1. The summed E-state index contributed by atoms with van der Waals surface area (Å²) in [4.78, 5) is 23.2. The van der Waals surface area contributed by atoms with Gasteiger partial charge in [-0.25, -0.2) is 0 Å². The number of ketones is 1. The quantitative estimate of drug-likeness (QED) is 0.477. The van der Waals surface area contributed by atoms with Crippen LogP contribution < -0.4 is 20.5 Å². The predicted octanol–water partition coefficient (Wildman–Crippen LogP) is 3.45. The number of rotatable bonds is 10. The lowest BCUT2D eigenvalue weighted by atomic mass is 10.1. The third-order valence-corrected chi connectivity index (χ3v) is 3.60. The third kappa shape index (κ3) is 8.11. The average molecular weight is 393 g/mol. The van der Waals surface area contributed by atoms with E-state index >= 15 is 0 Å². The zero-order valence-corrected chi connectivity index (χ0v) is 16.1. The highest BCUT2D eigenvalue weighted by atomic mass is 35.5. The van der Waals surface area contributed by atoms with E-state index in [9.17, 15) is 9.59 Å². The van der Waals surface area contributed by atoms with Crippen molar-refractivity contribution in [3.63, 3.8) is 0 Å². The van der Waals surface area contributed by atoms with Crippen molar-refractivity contribution in [2.24, 2.45) is 5.73 Å². The summed E-state index contributed by atoms with van der Waals surface area (Å²) in [7, 11) is 0. The molecule has 27 heavy (non-hydrogen) atoms. The molecule has 7 heteroatoms. The maximum atomic E-state index is 11.9. The molecule has 0 radical (unpaired) electrons. The molecule has 0 spiro atoms. The van der Waals surface area contributed by atoms with Crippen LogP contribution >= 0.6 is 12.4 Å². The molecular formula is C20H25ClN2O4. The van der Waals surface area contributed by atoms with Gasteiger partial charge in [0.25, 0.3) is 0 Å². The number of anilines is 1. The molecule has 0 aromatic heterocycles. The van der Waals surface area contributed by atoms with Crippen LogP contribution in [0.3, 0.4) is 0 Å². The summed E-state index contributed by atoms with van der Waals surface area (Å²) in [5.41, 5.74) is 6.75. The highest BCUT2D eigenvalue weighted by molar-refractivity contribution is 5.94.